The van der Waals surface area contributed by atoms with Crippen molar-refractivity contribution < 1.29 is 28.4 Å². The van der Waals surface area contributed by atoms with E-state index in [0.29, 0.717) is 0 Å². The quantitative estimate of drug-likeness (QED) is 0.447. The summed E-state index contributed by atoms with van der Waals surface area (Å²) in [5.41, 5.74) is 0. The molecule has 7 heteroatoms. The van der Waals surface area contributed by atoms with E-state index in [2.05, 4.69) is 13.6 Å². The van der Waals surface area contributed by atoms with Gasteiger partial charge in [0.05, 0.1) is 0 Å². The molecule has 0 spiro atoms. The standard InChI is InChI=1S/C3H4O6P/c4-2-1-7-10(6)8-3(2,5)9-10/h5-6H,1H2/q+1. The van der Waals surface area contributed by atoms with Crippen LogP contribution in [0.1, 0.15) is 0 Å². The number of ketones is 1. The fraction of sp³-hybridized carbons (Fsp3) is 0.667. The molecule has 0 saturated carbocycles. The van der Waals surface area contributed by atoms with Crippen LogP contribution in [-0.2, 0) is 18.4 Å². The monoisotopic (exact) mass is 167 g/mol. The molecule has 6 nitrogen and oxygen atoms in total. The Morgan fingerprint density at radius 3 is 2.60 bits per heavy atom. The number of fused-ring (bicyclic) bond motifs is 2. The average Bonchev–Trinajstić information content (AvgIpc) is 1.76. The molecule has 2 bridgehead atoms. The molecule has 0 radical (unpaired) electrons. The van der Waals surface area contributed by atoms with Crippen molar-refractivity contribution in [1.29, 1.82) is 0 Å². The van der Waals surface area contributed by atoms with Crippen molar-refractivity contribution in [3.05, 3.63) is 0 Å². The number of Topliss-reactive ketones (excluding diaryl/α,β-unsaturated/α-hetero) is 1. The number of hydrogen-bond donors (Lipinski definition) is 2. The SMILES string of the molecule is O=C1CO[P+]2(O)OC1(O)O2. The summed E-state index contributed by atoms with van der Waals surface area (Å²) in [5.74, 6) is -2.95. The van der Waals surface area contributed by atoms with Crippen LogP contribution in [0.5, 0.6) is 0 Å². The highest BCUT2D eigenvalue weighted by Gasteiger charge is 2.79. The molecule has 3 fully saturated rings. The maximum atomic E-state index is 10.6. The number of aliphatic hydroxyl groups is 1. The molecule has 0 aromatic carbocycles. The molecule has 10 heavy (non-hydrogen) atoms. The third kappa shape index (κ3) is 0.658. The van der Waals surface area contributed by atoms with Crippen LogP contribution in [0.3, 0.4) is 0 Å². The first-order valence-corrected chi connectivity index (χ1v) is 3.97. The van der Waals surface area contributed by atoms with Gasteiger partial charge in [-0.3, -0.25) is 4.79 Å². The fourth-order valence-electron chi connectivity index (χ4n) is 0.705. The van der Waals surface area contributed by atoms with Crippen LogP contribution in [0.15, 0.2) is 0 Å². The summed E-state index contributed by atoms with van der Waals surface area (Å²) in [7, 11) is -3.27. The van der Waals surface area contributed by atoms with E-state index in [9.17, 15) is 4.79 Å². The van der Waals surface area contributed by atoms with Crippen molar-refractivity contribution >= 4 is 14.0 Å². The largest absolute Gasteiger partial charge is 0.585 e. The fourth-order valence-corrected chi connectivity index (χ4v) is 1.93. The Labute approximate surface area is 56.0 Å². The summed E-state index contributed by atoms with van der Waals surface area (Å²) in [6, 6.07) is 0. The zero-order valence-corrected chi connectivity index (χ0v) is 5.58. The lowest BCUT2D eigenvalue weighted by Crippen LogP contribution is -2.57. The second-order valence-corrected chi connectivity index (χ2v) is 3.49. The molecule has 56 valence electrons. The van der Waals surface area contributed by atoms with Crippen LogP contribution in [0.2, 0.25) is 0 Å². The average molecular weight is 167 g/mol. The first-order chi connectivity index (χ1) is 4.54. The zero-order valence-electron chi connectivity index (χ0n) is 4.68. The van der Waals surface area contributed by atoms with Crippen molar-refractivity contribution in [1.82, 2.24) is 0 Å². The Morgan fingerprint density at radius 2 is 2.20 bits per heavy atom. The Bertz CT molecular complexity index is 195. The van der Waals surface area contributed by atoms with Crippen LogP contribution in [0.4, 0.5) is 0 Å². The first-order valence-electron chi connectivity index (χ1n) is 2.48. The van der Waals surface area contributed by atoms with E-state index in [4.69, 9.17) is 10.00 Å². The van der Waals surface area contributed by atoms with Gasteiger partial charge in [-0.25, -0.2) is 0 Å². The third-order valence-corrected chi connectivity index (χ3v) is 2.60. The normalized spacial score (nSPS) is 52.4. The number of rotatable bonds is 0. The molecule has 0 aliphatic carbocycles. The maximum absolute atomic E-state index is 10.6. The second-order valence-electron chi connectivity index (χ2n) is 1.93. The molecule has 0 amide bonds. The van der Waals surface area contributed by atoms with Crippen LogP contribution in [-0.4, -0.2) is 28.4 Å². The van der Waals surface area contributed by atoms with Gasteiger partial charge < -0.3 is 5.11 Å². The molecule has 0 atom stereocenters. The molecule has 3 rings (SSSR count). The minimum Gasteiger partial charge on any atom is -0.332 e. The molecule has 0 aromatic rings. The lowest BCUT2D eigenvalue weighted by Gasteiger charge is -2.37. The highest BCUT2D eigenvalue weighted by molar-refractivity contribution is 7.56. The van der Waals surface area contributed by atoms with Crippen LogP contribution >= 0.6 is 8.17 Å². The second kappa shape index (κ2) is 1.55. The van der Waals surface area contributed by atoms with Gasteiger partial charge in [0.2, 0.25) is 0 Å². The number of hydrogen-bond acceptors (Lipinski definition) is 6. The Morgan fingerprint density at radius 1 is 1.60 bits per heavy atom. The summed E-state index contributed by atoms with van der Waals surface area (Å²) in [6.45, 7) is -0.360. The van der Waals surface area contributed by atoms with E-state index in [1.54, 1.807) is 0 Å². The smallest absolute Gasteiger partial charge is 0.332 e. The van der Waals surface area contributed by atoms with Gasteiger partial charge in [-0.1, -0.05) is 9.05 Å². The molecule has 2 N–H and O–H groups in total. The summed E-state index contributed by atoms with van der Waals surface area (Å²) in [6.07, 6.45) is 0. The van der Waals surface area contributed by atoms with Gasteiger partial charge in [0.15, 0.2) is 6.61 Å². The van der Waals surface area contributed by atoms with Crippen LogP contribution in [0, 0.1) is 0 Å². The molecule has 0 aromatic heterocycles. The molecule has 3 aliphatic rings. The Balaban J connectivity index is 2.23. The van der Waals surface area contributed by atoms with E-state index >= 15 is 0 Å². The highest BCUT2D eigenvalue weighted by atomic mass is 31.2. The number of carbonyl (C=O) groups excluding carboxylic acids is 1. The van der Waals surface area contributed by atoms with Crippen molar-refractivity contribution in [2.75, 3.05) is 6.61 Å². The van der Waals surface area contributed by atoms with Gasteiger partial charge in [0, 0.05) is 0 Å². The molecular weight excluding hydrogens is 163 g/mol. The minimum absolute atomic E-state index is 0.360. The molecule has 3 heterocycles. The molecular formula is C3H4O6P+. The van der Waals surface area contributed by atoms with Crippen molar-refractivity contribution in [3.8, 4) is 0 Å². The van der Waals surface area contributed by atoms with Crippen molar-refractivity contribution in [3.63, 3.8) is 0 Å². The first kappa shape index (κ1) is 6.60. The highest BCUT2D eigenvalue weighted by Crippen LogP contribution is 2.73. The Hall–Kier alpha value is -0.100. The van der Waals surface area contributed by atoms with E-state index < -0.39 is 19.9 Å². The topological polar surface area (TPSA) is 85.2 Å². The van der Waals surface area contributed by atoms with Crippen LogP contribution in [0.25, 0.3) is 0 Å². The summed E-state index contributed by atoms with van der Waals surface area (Å²) < 4.78 is 13.0. The van der Waals surface area contributed by atoms with Gasteiger partial charge in [-0.2, -0.15) is 4.89 Å². The predicted octanol–water partition coefficient (Wildman–Crippen LogP) is -1.05. The van der Waals surface area contributed by atoms with Gasteiger partial charge in [-0.05, 0) is 0 Å². The summed E-state index contributed by atoms with van der Waals surface area (Å²) in [5, 5.41) is 8.87. The van der Waals surface area contributed by atoms with E-state index in [1.807, 2.05) is 0 Å². The predicted molar refractivity (Wildman–Crippen MR) is 27.2 cm³/mol. The minimum atomic E-state index is -3.27. The maximum Gasteiger partial charge on any atom is 0.585 e. The van der Waals surface area contributed by atoms with Crippen LogP contribution < -0.4 is 0 Å². The third-order valence-electron chi connectivity index (χ3n) is 1.19. The van der Waals surface area contributed by atoms with E-state index in [1.165, 1.54) is 0 Å². The van der Waals surface area contributed by atoms with Gasteiger partial charge >= 0.3 is 14.1 Å². The van der Waals surface area contributed by atoms with E-state index in [0.717, 1.165) is 0 Å². The zero-order chi connectivity index (χ0) is 7.41. The lowest BCUT2D eigenvalue weighted by atomic mass is 10.4. The van der Waals surface area contributed by atoms with Gasteiger partial charge in [-0.15, -0.1) is 4.52 Å². The summed E-state index contributed by atoms with van der Waals surface area (Å²) >= 11 is 0. The number of carbonyl (C=O) groups is 1. The van der Waals surface area contributed by atoms with Gasteiger partial charge in [0.1, 0.15) is 0 Å². The van der Waals surface area contributed by atoms with Crippen molar-refractivity contribution in [2.24, 2.45) is 0 Å². The summed E-state index contributed by atoms with van der Waals surface area (Å²) in [4.78, 5) is 19.4. The molecule has 3 aliphatic heterocycles. The molecule has 3 saturated heterocycles. The molecule has 0 unspecified atom stereocenters. The van der Waals surface area contributed by atoms with Gasteiger partial charge in [0.25, 0.3) is 5.78 Å². The lowest BCUT2D eigenvalue weighted by molar-refractivity contribution is -0.344. The van der Waals surface area contributed by atoms with Crippen molar-refractivity contribution in [2.45, 2.75) is 5.97 Å². The Kier molecular flexibility index (Phi) is 1.03. The van der Waals surface area contributed by atoms with E-state index in [-0.39, 0.29) is 6.61 Å².